The standard InChI is InChI=1S/C14H23NO2S/c1-10(6-7-16)18-9-13-8-12(11(2)15)4-5-14(13)17-3/h4-5,8,10-11,16H,6-7,9,15H2,1-3H3. The number of methoxy groups -OCH3 is 1. The Kier molecular flexibility index (Phi) is 6.54. The van der Waals surface area contributed by atoms with Crippen LogP contribution in [-0.4, -0.2) is 24.1 Å². The zero-order valence-corrected chi connectivity index (χ0v) is 12.2. The van der Waals surface area contributed by atoms with Crippen LogP contribution in [0, 0.1) is 0 Å². The maximum absolute atomic E-state index is 8.90. The fourth-order valence-electron chi connectivity index (χ4n) is 1.69. The molecule has 1 aromatic rings. The minimum absolute atomic E-state index is 0.0366. The monoisotopic (exact) mass is 269 g/mol. The molecule has 102 valence electrons. The Bertz CT molecular complexity index is 369. The van der Waals surface area contributed by atoms with Crippen molar-refractivity contribution in [1.29, 1.82) is 0 Å². The van der Waals surface area contributed by atoms with Gasteiger partial charge in [-0.15, -0.1) is 0 Å². The summed E-state index contributed by atoms with van der Waals surface area (Å²) in [5, 5.41) is 9.34. The molecule has 0 saturated heterocycles. The van der Waals surface area contributed by atoms with Crippen LogP contribution in [0.25, 0.3) is 0 Å². The molecule has 2 unspecified atom stereocenters. The molecule has 0 saturated carbocycles. The minimum atomic E-state index is 0.0366. The number of benzene rings is 1. The lowest BCUT2D eigenvalue weighted by Crippen LogP contribution is -2.06. The number of hydrogen-bond donors (Lipinski definition) is 2. The van der Waals surface area contributed by atoms with E-state index in [4.69, 9.17) is 15.6 Å². The van der Waals surface area contributed by atoms with Crippen LogP contribution in [0.5, 0.6) is 5.75 Å². The first-order chi connectivity index (χ1) is 8.58. The number of hydrogen-bond acceptors (Lipinski definition) is 4. The lowest BCUT2D eigenvalue weighted by molar-refractivity contribution is 0.289. The second-order valence-corrected chi connectivity index (χ2v) is 5.92. The number of aliphatic hydroxyl groups excluding tert-OH is 1. The van der Waals surface area contributed by atoms with Crippen LogP contribution in [0.3, 0.4) is 0 Å². The van der Waals surface area contributed by atoms with E-state index in [-0.39, 0.29) is 12.6 Å². The maximum Gasteiger partial charge on any atom is 0.122 e. The molecular formula is C14H23NO2S. The highest BCUT2D eigenvalue weighted by Crippen LogP contribution is 2.28. The van der Waals surface area contributed by atoms with E-state index in [9.17, 15) is 0 Å². The van der Waals surface area contributed by atoms with Crippen molar-refractivity contribution in [3.63, 3.8) is 0 Å². The van der Waals surface area contributed by atoms with E-state index in [1.807, 2.05) is 30.8 Å². The predicted octanol–water partition coefficient (Wildman–Crippen LogP) is 2.72. The van der Waals surface area contributed by atoms with Crippen molar-refractivity contribution < 1.29 is 9.84 Å². The van der Waals surface area contributed by atoms with Crippen molar-refractivity contribution in [2.45, 2.75) is 37.3 Å². The summed E-state index contributed by atoms with van der Waals surface area (Å²) in [6.07, 6.45) is 0.819. The molecule has 1 aromatic carbocycles. The highest BCUT2D eigenvalue weighted by Gasteiger charge is 2.09. The van der Waals surface area contributed by atoms with E-state index in [0.29, 0.717) is 5.25 Å². The van der Waals surface area contributed by atoms with Crippen LogP contribution in [0.1, 0.15) is 37.4 Å². The normalized spacial score (nSPS) is 14.3. The van der Waals surface area contributed by atoms with Crippen LogP contribution >= 0.6 is 11.8 Å². The summed E-state index contributed by atoms with van der Waals surface area (Å²) in [6.45, 7) is 4.35. The van der Waals surface area contributed by atoms with Gasteiger partial charge in [-0.05, 0) is 31.0 Å². The summed E-state index contributed by atoms with van der Waals surface area (Å²) < 4.78 is 5.37. The van der Waals surface area contributed by atoms with Gasteiger partial charge in [0.15, 0.2) is 0 Å². The van der Waals surface area contributed by atoms with Crippen molar-refractivity contribution >= 4 is 11.8 Å². The lowest BCUT2D eigenvalue weighted by Gasteiger charge is -2.14. The molecule has 0 heterocycles. The average Bonchev–Trinajstić information content (AvgIpc) is 2.36. The molecule has 18 heavy (non-hydrogen) atoms. The second kappa shape index (κ2) is 7.67. The molecule has 3 N–H and O–H groups in total. The number of thioether (sulfide) groups is 1. The Hall–Kier alpha value is -0.710. The number of ether oxygens (including phenoxy) is 1. The molecule has 1 rings (SSSR count). The van der Waals surface area contributed by atoms with Crippen molar-refractivity contribution in [1.82, 2.24) is 0 Å². The third-order valence-electron chi connectivity index (χ3n) is 2.89. The van der Waals surface area contributed by atoms with Gasteiger partial charge in [0.25, 0.3) is 0 Å². The Balaban J connectivity index is 2.75. The summed E-state index contributed by atoms with van der Waals surface area (Å²) in [7, 11) is 1.69. The van der Waals surface area contributed by atoms with Crippen molar-refractivity contribution in [2.75, 3.05) is 13.7 Å². The molecule has 0 aliphatic rings. The van der Waals surface area contributed by atoms with Crippen LogP contribution in [0.4, 0.5) is 0 Å². The maximum atomic E-state index is 8.90. The molecule has 3 nitrogen and oxygen atoms in total. The van der Waals surface area contributed by atoms with Gasteiger partial charge >= 0.3 is 0 Å². The molecule has 0 aliphatic carbocycles. The highest BCUT2D eigenvalue weighted by molar-refractivity contribution is 7.99. The Labute approximate surface area is 114 Å². The van der Waals surface area contributed by atoms with Crippen molar-refractivity contribution in [2.24, 2.45) is 5.73 Å². The number of rotatable bonds is 7. The summed E-state index contributed by atoms with van der Waals surface area (Å²) in [5.74, 6) is 1.79. The van der Waals surface area contributed by atoms with Gasteiger partial charge in [-0.1, -0.05) is 13.0 Å². The van der Waals surface area contributed by atoms with Crippen molar-refractivity contribution in [3.8, 4) is 5.75 Å². The number of aliphatic hydroxyl groups is 1. The Morgan fingerprint density at radius 2 is 2.11 bits per heavy atom. The molecule has 0 fully saturated rings. The Morgan fingerprint density at radius 1 is 1.39 bits per heavy atom. The van der Waals surface area contributed by atoms with Gasteiger partial charge in [-0.3, -0.25) is 0 Å². The summed E-state index contributed by atoms with van der Waals surface area (Å²) in [4.78, 5) is 0. The van der Waals surface area contributed by atoms with E-state index in [2.05, 4.69) is 13.0 Å². The van der Waals surface area contributed by atoms with Gasteiger partial charge in [0.05, 0.1) is 7.11 Å². The summed E-state index contributed by atoms with van der Waals surface area (Å²) >= 11 is 1.82. The molecule has 0 bridgehead atoms. The van der Waals surface area contributed by atoms with Gasteiger partial charge in [-0.25, -0.2) is 0 Å². The van der Waals surface area contributed by atoms with E-state index in [1.165, 1.54) is 5.56 Å². The lowest BCUT2D eigenvalue weighted by atomic mass is 10.1. The zero-order chi connectivity index (χ0) is 13.5. The first-order valence-corrected chi connectivity index (χ1v) is 7.28. The molecule has 0 aliphatic heterocycles. The smallest absolute Gasteiger partial charge is 0.122 e. The largest absolute Gasteiger partial charge is 0.496 e. The topological polar surface area (TPSA) is 55.5 Å². The summed E-state index contributed by atoms with van der Waals surface area (Å²) in [5.41, 5.74) is 8.19. The molecule has 0 spiro atoms. The molecule has 0 aromatic heterocycles. The summed E-state index contributed by atoms with van der Waals surface area (Å²) in [6, 6.07) is 6.14. The van der Waals surface area contributed by atoms with Gasteiger partial charge in [0, 0.05) is 29.2 Å². The predicted molar refractivity (Wildman–Crippen MR) is 78.1 cm³/mol. The van der Waals surface area contributed by atoms with E-state index in [1.54, 1.807) is 7.11 Å². The van der Waals surface area contributed by atoms with Gasteiger partial charge < -0.3 is 15.6 Å². The highest BCUT2D eigenvalue weighted by atomic mass is 32.2. The Morgan fingerprint density at radius 3 is 2.67 bits per heavy atom. The van der Waals surface area contributed by atoms with Gasteiger partial charge in [0.1, 0.15) is 5.75 Å². The SMILES string of the molecule is COc1ccc(C(C)N)cc1CSC(C)CCO. The van der Waals surface area contributed by atoms with Crippen molar-refractivity contribution in [3.05, 3.63) is 29.3 Å². The second-order valence-electron chi connectivity index (χ2n) is 4.49. The van der Waals surface area contributed by atoms with E-state index in [0.717, 1.165) is 23.5 Å². The molecule has 4 heteroatoms. The van der Waals surface area contributed by atoms with E-state index < -0.39 is 0 Å². The van der Waals surface area contributed by atoms with Crippen LogP contribution in [0.15, 0.2) is 18.2 Å². The minimum Gasteiger partial charge on any atom is -0.496 e. The van der Waals surface area contributed by atoms with Crippen LogP contribution in [0.2, 0.25) is 0 Å². The van der Waals surface area contributed by atoms with E-state index >= 15 is 0 Å². The number of nitrogens with two attached hydrogens (primary N) is 1. The average molecular weight is 269 g/mol. The first kappa shape index (κ1) is 15.3. The molecule has 0 radical (unpaired) electrons. The van der Waals surface area contributed by atoms with Crippen LogP contribution < -0.4 is 10.5 Å². The van der Waals surface area contributed by atoms with Gasteiger partial charge in [-0.2, -0.15) is 11.8 Å². The van der Waals surface area contributed by atoms with Crippen LogP contribution in [-0.2, 0) is 5.75 Å². The third kappa shape index (κ3) is 4.52. The molecule has 0 amide bonds. The van der Waals surface area contributed by atoms with Gasteiger partial charge in [0.2, 0.25) is 0 Å². The zero-order valence-electron chi connectivity index (χ0n) is 11.3. The first-order valence-electron chi connectivity index (χ1n) is 6.23. The fourth-order valence-corrected chi connectivity index (χ4v) is 2.65. The molecule has 2 atom stereocenters. The fraction of sp³-hybridized carbons (Fsp3) is 0.571. The quantitative estimate of drug-likeness (QED) is 0.799. The third-order valence-corrected chi connectivity index (χ3v) is 4.17. The molecular weight excluding hydrogens is 246 g/mol.